The van der Waals surface area contributed by atoms with Gasteiger partial charge in [0.2, 0.25) is 0 Å². The van der Waals surface area contributed by atoms with Crippen LogP contribution in [0.3, 0.4) is 0 Å². The first kappa shape index (κ1) is 13.1. The van der Waals surface area contributed by atoms with Gasteiger partial charge in [0, 0.05) is 3.57 Å². The lowest BCUT2D eigenvalue weighted by Gasteiger charge is -2.04. The van der Waals surface area contributed by atoms with Gasteiger partial charge in [-0.05, 0) is 52.9 Å². The van der Waals surface area contributed by atoms with Gasteiger partial charge in [-0.3, -0.25) is 0 Å². The number of benzene rings is 2. The number of rotatable bonds is 2. The van der Waals surface area contributed by atoms with Crippen LogP contribution in [0, 0.1) is 9.39 Å². The third-order valence-electron chi connectivity index (χ3n) is 2.54. The summed E-state index contributed by atoms with van der Waals surface area (Å²) in [6, 6.07) is 10.2. The van der Waals surface area contributed by atoms with E-state index in [-0.39, 0.29) is 5.82 Å². The summed E-state index contributed by atoms with van der Waals surface area (Å²) in [4.78, 5) is 4.46. The summed E-state index contributed by atoms with van der Waals surface area (Å²) < 4.78 is 14.8. The first-order valence-electron chi connectivity index (χ1n) is 5.40. The van der Waals surface area contributed by atoms with E-state index in [0.717, 1.165) is 24.6 Å². The van der Waals surface area contributed by atoms with Gasteiger partial charge in [-0.2, -0.15) is 0 Å². The Kier molecular flexibility index (Phi) is 3.60. The van der Waals surface area contributed by atoms with Crippen LogP contribution in [0.2, 0.25) is 5.02 Å². The van der Waals surface area contributed by atoms with Crippen molar-refractivity contribution in [1.82, 2.24) is 4.98 Å². The SMILES string of the molecule is Fc1ccc(Nc2nc3cccc(Cl)c3s2)c(I)c1. The minimum atomic E-state index is -0.248. The summed E-state index contributed by atoms with van der Waals surface area (Å²) in [6.07, 6.45) is 0. The number of hydrogen-bond acceptors (Lipinski definition) is 3. The maximum Gasteiger partial charge on any atom is 0.188 e. The second-order valence-electron chi connectivity index (χ2n) is 3.86. The van der Waals surface area contributed by atoms with Crippen LogP contribution in [0.4, 0.5) is 15.2 Å². The van der Waals surface area contributed by atoms with Crippen molar-refractivity contribution < 1.29 is 4.39 Å². The zero-order valence-corrected chi connectivity index (χ0v) is 13.2. The van der Waals surface area contributed by atoms with Gasteiger partial charge >= 0.3 is 0 Å². The minimum Gasteiger partial charge on any atom is -0.331 e. The van der Waals surface area contributed by atoms with E-state index in [2.05, 4.69) is 32.9 Å². The molecule has 0 radical (unpaired) electrons. The molecule has 1 aromatic heterocycles. The standard InChI is InChI=1S/C13H7ClFIN2S/c14-8-2-1-3-11-12(8)19-13(18-11)17-10-5-4-7(15)6-9(10)16/h1-6H,(H,17,18). The molecule has 0 aliphatic heterocycles. The van der Waals surface area contributed by atoms with Crippen molar-refractivity contribution in [3.05, 3.63) is 50.8 Å². The highest BCUT2D eigenvalue weighted by atomic mass is 127. The van der Waals surface area contributed by atoms with Crippen LogP contribution in [0.1, 0.15) is 0 Å². The molecule has 0 atom stereocenters. The van der Waals surface area contributed by atoms with Crippen LogP contribution in [-0.4, -0.2) is 4.98 Å². The number of anilines is 2. The third-order valence-corrected chi connectivity index (χ3v) is 4.88. The molecule has 0 aliphatic rings. The van der Waals surface area contributed by atoms with Gasteiger partial charge in [0.1, 0.15) is 5.82 Å². The molecule has 19 heavy (non-hydrogen) atoms. The van der Waals surface area contributed by atoms with Gasteiger partial charge in [-0.1, -0.05) is 29.0 Å². The van der Waals surface area contributed by atoms with E-state index in [4.69, 9.17) is 11.6 Å². The summed E-state index contributed by atoms with van der Waals surface area (Å²) in [5.74, 6) is -0.248. The van der Waals surface area contributed by atoms with E-state index in [1.54, 1.807) is 6.07 Å². The number of halogens is 3. The van der Waals surface area contributed by atoms with E-state index in [9.17, 15) is 4.39 Å². The number of nitrogens with zero attached hydrogens (tertiary/aromatic N) is 1. The van der Waals surface area contributed by atoms with Gasteiger partial charge < -0.3 is 5.32 Å². The second-order valence-corrected chi connectivity index (χ2v) is 6.42. The average molecular weight is 405 g/mol. The van der Waals surface area contributed by atoms with E-state index in [1.807, 2.05) is 18.2 Å². The van der Waals surface area contributed by atoms with Crippen molar-refractivity contribution in [2.75, 3.05) is 5.32 Å². The van der Waals surface area contributed by atoms with Gasteiger partial charge in [-0.25, -0.2) is 9.37 Å². The largest absolute Gasteiger partial charge is 0.331 e. The van der Waals surface area contributed by atoms with Crippen LogP contribution in [0.25, 0.3) is 10.2 Å². The van der Waals surface area contributed by atoms with Gasteiger partial charge in [0.05, 0.1) is 20.9 Å². The fourth-order valence-corrected chi connectivity index (χ4v) is 3.45. The molecule has 1 N–H and O–H groups in total. The smallest absolute Gasteiger partial charge is 0.188 e. The highest BCUT2D eigenvalue weighted by molar-refractivity contribution is 14.1. The molecule has 1 heterocycles. The normalized spacial score (nSPS) is 10.9. The Hall–Kier alpha value is -0.920. The highest BCUT2D eigenvalue weighted by Gasteiger charge is 2.08. The maximum atomic E-state index is 13.0. The molecule has 0 bridgehead atoms. The van der Waals surface area contributed by atoms with Crippen LogP contribution in [0.5, 0.6) is 0 Å². The monoisotopic (exact) mass is 404 g/mol. The molecule has 3 rings (SSSR count). The molecule has 0 aliphatic carbocycles. The summed E-state index contributed by atoms with van der Waals surface area (Å²) in [6.45, 7) is 0. The predicted octanol–water partition coefficient (Wildman–Crippen LogP) is 5.44. The van der Waals surface area contributed by atoms with E-state index >= 15 is 0 Å². The van der Waals surface area contributed by atoms with Crippen LogP contribution < -0.4 is 5.32 Å². The van der Waals surface area contributed by atoms with Crippen molar-refractivity contribution in [2.45, 2.75) is 0 Å². The lowest BCUT2D eigenvalue weighted by atomic mass is 10.3. The van der Waals surface area contributed by atoms with Gasteiger partial charge in [-0.15, -0.1) is 0 Å². The van der Waals surface area contributed by atoms with Crippen molar-refractivity contribution >= 4 is 66.6 Å². The fraction of sp³-hybridized carbons (Fsp3) is 0. The third kappa shape index (κ3) is 2.68. The minimum absolute atomic E-state index is 0.248. The number of aromatic nitrogens is 1. The van der Waals surface area contributed by atoms with Gasteiger partial charge in [0.15, 0.2) is 5.13 Å². The number of nitrogens with one attached hydrogen (secondary N) is 1. The molecule has 0 amide bonds. The molecule has 0 saturated carbocycles. The maximum absolute atomic E-state index is 13.0. The van der Waals surface area contributed by atoms with Gasteiger partial charge in [0.25, 0.3) is 0 Å². The van der Waals surface area contributed by atoms with Crippen LogP contribution >= 0.6 is 45.5 Å². The summed E-state index contributed by atoms with van der Waals surface area (Å²) in [5.41, 5.74) is 1.69. The molecule has 0 saturated heterocycles. The summed E-state index contributed by atoms with van der Waals surface area (Å²) >= 11 is 9.68. The van der Waals surface area contributed by atoms with E-state index in [1.165, 1.54) is 23.5 Å². The lowest BCUT2D eigenvalue weighted by Crippen LogP contribution is -1.92. The Bertz CT molecular complexity index is 759. The zero-order chi connectivity index (χ0) is 13.4. The predicted molar refractivity (Wildman–Crippen MR) is 87.0 cm³/mol. The molecule has 2 aromatic carbocycles. The molecule has 0 fully saturated rings. The Morgan fingerprint density at radius 2 is 2.11 bits per heavy atom. The lowest BCUT2D eigenvalue weighted by molar-refractivity contribution is 0.627. The van der Waals surface area contributed by atoms with E-state index in [0.29, 0.717) is 5.02 Å². The number of hydrogen-bond donors (Lipinski definition) is 1. The van der Waals surface area contributed by atoms with E-state index < -0.39 is 0 Å². The van der Waals surface area contributed by atoms with Crippen molar-refractivity contribution in [2.24, 2.45) is 0 Å². The first-order chi connectivity index (χ1) is 9.13. The van der Waals surface area contributed by atoms with Crippen LogP contribution in [-0.2, 0) is 0 Å². The average Bonchev–Trinajstić information content (AvgIpc) is 2.77. The Morgan fingerprint density at radius 3 is 2.84 bits per heavy atom. The number of thiazole rings is 1. The molecule has 0 unspecified atom stereocenters. The van der Waals surface area contributed by atoms with Crippen molar-refractivity contribution in [3.8, 4) is 0 Å². The summed E-state index contributed by atoms with van der Waals surface area (Å²) in [7, 11) is 0. The number of fused-ring (bicyclic) bond motifs is 1. The molecular weight excluding hydrogens is 398 g/mol. The van der Waals surface area contributed by atoms with Crippen LogP contribution in [0.15, 0.2) is 36.4 Å². The highest BCUT2D eigenvalue weighted by Crippen LogP contribution is 2.34. The Balaban J connectivity index is 1.99. The topological polar surface area (TPSA) is 24.9 Å². The molecule has 0 spiro atoms. The van der Waals surface area contributed by atoms with Crippen molar-refractivity contribution in [3.63, 3.8) is 0 Å². The molecule has 96 valence electrons. The van der Waals surface area contributed by atoms with Crippen molar-refractivity contribution in [1.29, 1.82) is 0 Å². The molecular formula is C13H7ClFIN2S. The molecule has 2 nitrogen and oxygen atoms in total. The zero-order valence-electron chi connectivity index (χ0n) is 9.45. The fourth-order valence-electron chi connectivity index (χ4n) is 1.67. The molecule has 3 aromatic rings. The summed E-state index contributed by atoms with van der Waals surface area (Å²) in [5, 5.41) is 4.63. The quantitative estimate of drug-likeness (QED) is 0.576. The second kappa shape index (κ2) is 5.22. The Morgan fingerprint density at radius 1 is 1.26 bits per heavy atom. The first-order valence-corrected chi connectivity index (χ1v) is 7.68. The molecule has 6 heteroatoms. The Labute approximate surface area is 131 Å².